The van der Waals surface area contributed by atoms with Gasteiger partial charge in [0.1, 0.15) is 10.7 Å². The Hall–Kier alpha value is -1.47. The molecule has 0 aliphatic heterocycles. The molecule has 5 nitrogen and oxygen atoms in total. The number of carbonyl (C=O) groups is 1. The lowest BCUT2D eigenvalue weighted by Crippen LogP contribution is -2.38. The van der Waals surface area contributed by atoms with Crippen LogP contribution in [0.4, 0.5) is 4.39 Å². The van der Waals surface area contributed by atoms with Crippen molar-refractivity contribution in [3.05, 3.63) is 29.6 Å². The number of sulfonamides is 1. The summed E-state index contributed by atoms with van der Waals surface area (Å²) in [5.41, 5.74) is -0.272. The lowest BCUT2D eigenvalue weighted by atomic mass is 9.96. The molecule has 1 aliphatic rings. The molecule has 1 aliphatic carbocycles. The van der Waals surface area contributed by atoms with Crippen LogP contribution < -0.4 is 0 Å². The highest BCUT2D eigenvalue weighted by atomic mass is 32.2. The number of halogens is 1. The zero-order chi connectivity index (χ0) is 15.6. The van der Waals surface area contributed by atoms with Gasteiger partial charge >= 0.3 is 5.97 Å². The van der Waals surface area contributed by atoms with Gasteiger partial charge in [-0.05, 0) is 31.0 Å². The van der Waals surface area contributed by atoms with Crippen LogP contribution in [0.15, 0.2) is 23.1 Å². The van der Waals surface area contributed by atoms with Gasteiger partial charge in [0.15, 0.2) is 0 Å². The van der Waals surface area contributed by atoms with Gasteiger partial charge < -0.3 is 5.11 Å². The van der Waals surface area contributed by atoms with Gasteiger partial charge in [-0.25, -0.2) is 17.6 Å². The molecule has 7 heteroatoms. The number of carboxylic acid groups (broad SMARTS) is 1. The van der Waals surface area contributed by atoms with Crippen LogP contribution in [0.25, 0.3) is 0 Å². The average Bonchev–Trinajstić information content (AvgIpc) is 2.46. The molecule has 0 aromatic heterocycles. The Morgan fingerprint density at radius 1 is 1.29 bits per heavy atom. The summed E-state index contributed by atoms with van der Waals surface area (Å²) in [5, 5.41) is 8.79. The highest BCUT2D eigenvalue weighted by Gasteiger charge is 2.31. The molecule has 1 fully saturated rings. The number of benzene rings is 1. The third-order valence-corrected chi connectivity index (χ3v) is 5.87. The van der Waals surface area contributed by atoms with Crippen LogP contribution in [-0.4, -0.2) is 36.9 Å². The monoisotopic (exact) mass is 315 g/mol. The number of aromatic carboxylic acids is 1. The molecule has 1 aromatic carbocycles. The van der Waals surface area contributed by atoms with Crippen LogP contribution in [0.5, 0.6) is 0 Å². The van der Waals surface area contributed by atoms with Gasteiger partial charge in [-0.2, -0.15) is 4.31 Å². The molecule has 0 atom stereocenters. The predicted octanol–water partition coefficient (Wildman–Crippen LogP) is 2.48. The van der Waals surface area contributed by atoms with Gasteiger partial charge in [0, 0.05) is 13.1 Å². The van der Waals surface area contributed by atoms with Crippen LogP contribution >= 0.6 is 0 Å². The summed E-state index contributed by atoms with van der Waals surface area (Å²) in [7, 11) is -2.49. The second-order valence-corrected chi connectivity index (χ2v) is 7.23. The predicted molar refractivity (Wildman–Crippen MR) is 75.2 cm³/mol. The van der Waals surface area contributed by atoms with Crippen LogP contribution in [0.1, 0.15) is 42.5 Å². The summed E-state index contributed by atoms with van der Waals surface area (Å²) in [6, 6.07) is 2.74. The zero-order valence-electron chi connectivity index (χ0n) is 11.8. The quantitative estimate of drug-likeness (QED) is 0.926. The first-order chi connectivity index (χ1) is 9.84. The smallest absolute Gasteiger partial charge is 0.335 e. The molecule has 0 saturated heterocycles. The van der Waals surface area contributed by atoms with Crippen molar-refractivity contribution in [2.45, 2.75) is 43.0 Å². The van der Waals surface area contributed by atoms with Crippen molar-refractivity contribution >= 4 is 16.0 Å². The molecule has 0 spiro atoms. The van der Waals surface area contributed by atoms with Crippen molar-refractivity contribution in [2.75, 3.05) is 7.05 Å². The maximum Gasteiger partial charge on any atom is 0.335 e. The Morgan fingerprint density at radius 2 is 1.90 bits per heavy atom. The second-order valence-electron chi connectivity index (χ2n) is 5.26. The van der Waals surface area contributed by atoms with Crippen LogP contribution in [0, 0.1) is 5.82 Å². The van der Waals surface area contributed by atoms with Crippen molar-refractivity contribution in [1.29, 1.82) is 0 Å². The molecular formula is C14H18FNO4S. The normalized spacial score (nSPS) is 17.1. The van der Waals surface area contributed by atoms with E-state index in [9.17, 15) is 17.6 Å². The van der Waals surface area contributed by atoms with Gasteiger partial charge in [0.25, 0.3) is 0 Å². The minimum absolute atomic E-state index is 0.123. The zero-order valence-corrected chi connectivity index (χ0v) is 12.6. The Bertz CT molecular complexity index is 638. The number of rotatable bonds is 4. The first-order valence-corrected chi connectivity index (χ1v) is 8.29. The van der Waals surface area contributed by atoms with E-state index in [-0.39, 0.29) is 11.6 Å². The number of carboxylic acids is 1. The average molecular weight is 315 g/mol. The Labute approximate surface area is 123 Å². The minimum Gasteiger partial charge on any atom is -0.478 e. The van der Waals surface area contributed by atoms with Gasteiger partial charge in [-0.15, -0.1) is 0 Å². The molecule has 21 heavy (non-hydrogen) atoms. The Balaban J connectivity index is 2.32. The lowest BCUT2D eigenvalue weighted by Gasteiger charge is -2.30. The van der Waals surface area contributed by atoms with E-state index in [1.165, 1.54) is 11.4 Å². The molecule has 1 saturated carbocycles. The molecule has 0 unspecified atom stereocenters. The number of hydrogen-bond donors (Lipinski definition) is 1. The van der Waals surface area contributed by atoms with Crippen molar-refractivity contribution in [3.8, 4) is 0 Å². The summed E-state index contributed by atoms with van der Waals surface area (Å²) < 4.78 is 40.1. The SMILES string of the molecule is CN(C1CCCCC1)S(=O)(=O)c1ccc(C(=O)O)cc1F. The number of hydrogen-bond acceptors (Lipinski definition) is 3. The van der Waals surface area contributed by atoms with Crippen LogP contribution in [0.2, 0.25) is 0 Å². The van der Waals surface area contributed by atoms with Crippen molar-refractivity contribution in [1.82, 2.24) is 4.31 Å². The molecule has 0 heterocycles. The maximum atomic E-state index is 14.0. The van der Waals surface area contributed by atoms with Gasteiger partial charge in [-0.3, -0.25) is 0 Å². The summed E-state index contributed by atoms with van der Waals surface area (Å²) in [4.78, 5) is 10.3. The summed E-state index contributed by atoms with van der Waals surface area (Å²) in [6.07, 6.45) is 4.55. The Morgan fingerprint density at radius 3 is 2.43 bits per heavy atom. The highest BCUT2D eigenvalue weighted by Crippen LogP contribution is 2.27. The van der Waals surface area contributed by atoms with E-state index in [1.54, 1.807) is 0 Å². The summed E-state index contributed by atoms with van der Waals surface area (Å²) in [6.45, 7) is 0. The van der Waals surface area contributed by atoms with Gasteiger partial charge in [0.05, 0.1) is 5.56 Å². The van der Waals surface area contributed by atoms with E-state index < -0.39 is 26.7 Å². The summed E-state index contributed by atoms with van der Waals surface area (Å²) in [5.74, 6) is -2.32. The highest BCUT2D eigenvalue weighted by molar-refractivity contribution is 7.89. The first-order valence-electron chi connectivity index (χ1n) is 6.85. The third kappa shape index (κ3) is 3.24. The molecule has 0 amide bonds. The Kier molecular flexibility index (Phi) is 4.63. The molecule has 0 radical (unpaired) electrons. The molecular weight excluding hydrogens is 297 g/mol. The second kappa shape index (κ2) is 6.11. The standard InChI is InChI=1S/C14H18FNO4S/c1-16(11-5-3-2-4-6-11)21(19,20)13-8-7-10(14(17)18)9-12(13)15/h7-9,11H,2-6H2,1H3,(H,17,18). The van der Waals surface area contributed by atoms with E-state index in [0.29, 0.717) is 0 Å². The van der Waals surface area contributed by atoms with E-state index in [4.69, 9.17) is 5.11 Å². The van der Waals surface area contributed by atoms with Gasteiger partial charge in [0.2, 0.25) is 10.0 Å². The van der Waals surface area contributed by atoms with Gasteiger partial charge in [-0.1, -0.05) is 19.3 Å². The molecule has 1 N–H and O–H groups in total. The van der Waals surface area contributed by atoms with E-state index in [2.05, 4.69) is 0 Å². The minimum atomic E-state index is -3.95. The first kappa shape index (κ1) is 15.9. The largest absolute Gasteiger partial charge is 0.478 e. The third-order valence-electron chi connectivity index (χ3n) is 3.92. The molecule has 1 aromatic rings. The molecule has 2 rings (SSSR count). The van der Waals surface area contributed by atoms with E-state index in [1.807, 2.05) is 0 Å². The van der Waals surface area contributed by atoms with Crippen molar-refractivity contribution in [3.63, 3.8) is 0 Å². The van der Waals surface area contributed by atoms with Crippen LogP contribution in [-0.2, 0) is 10.0 Å². The fourth-order valence-electron chi connectivity index (χ4n) is 2.64. The molecule has 116 valence electrons. The lowest BCUT2D eigenvalue weighted by molar-refractivity contribution is 0.0696. The number of nitrogens with zero attached hydrogens (tertiary/aromatic N) is 1. The molecule has 0 bridgehead atoms. The topological polar surface area (TPSA) is 74.7 Å². The van der Waals surface area contributed by atoms with Crippen molar-refractivity contribution < 1.29 is 22.7 Å². The van der Waals surface area contributed by atoms with E-state index in [0.717, 1.165) is 50.3 Å². The maximum absolute atomic E-state index is 14.0. The fourth-order valence-corrected chi connectivity index (χ4v) is 4.10. The van der Waals surface area contributed by atoms with Crippen molar-refractivity contribution in [2.24, 2.45) is 0 Å². The summed E-state index contributed by atoms with van der Waals surface area (Å²) >= 11 is 0. The van der Waals surface area contributed by atoms with E-state index >= 15 is 0 Å². The fraction of sp³-hybridized carbons (Fsp3) is 0.500. The van der Waals surface area contributed by atoms with Crippen LogP contribution in [0.3, 0.4) is 0 Å².